The highest BCUT2D eigenvalue weighted by Crippen LogP contribution is 2.24. The molecule has 0 radical (unpaired) electrons. The van der Waals surface area contributed by atoms with Gasteiger partial charge in [0.1, 0.15) is 11.3 Å². The van der Waals surface area contributed by atoms with Crippen molar-refractivity contribution in [2.75, 3.05) is 6.54 Å². The van der Waals surface area contributed by atoms with Crippen molar-refractivity contribution in [2.24, 2.45) is 0 Å². The van der Waals surface area contributed by atoms with E-state index in [1.54, 1.807) is 30.3 Å². The van der Waals surface area contributed by atoms with Crippen molar-refractivity contribution >= 4 is 35.2 Å². The Morgan fingerprint density at radius 2 is 1.71 bits per heavy atom. The van der Waals surface area contributed by atoms with Crippen LogP contribution < -0.4 is 5.32 Å². The molecule has 4 aromatic rings. The van der Waals surface area contributed by atoms with E-state index in [9.17, 15) is 14.7 Å². The largest absolute Gasteiger partial charge is 0.508 e. The molecule has 1 fully saturated rings. The van der Waals surface area contributed by atoms with E-state index in [2.05, 4.69) is 30.9 Å². The molecule has 0 atom stereocenters. The zero-order valence-corrected chi connectivity index (χ0v) is 19.0. The molecular formula is C24H19N7O3S. The number of aromatic nitrogens is 5. The summed E-state index contributed by atoms with van der Waals surface area (Å²) in [6.45, 7) is 0.295. The number of rotatable bonds is 6. The van der Waals surface area contributed by atoms with Crippen molar-refractivity contribution in [1.29, 1.82) is 0 Å². The molecule has 2 aromatic heterocycles. The number of aromatic hydroxyl groups is 1. The van der Waals surface area contributed by atoms with Gasteiger partial charge in [0.2, 0.25) is 0 Å². The summed E-state index contributed by atoms with van der Waals surface area (Å²) in [5.41, 5.74) is 4.12. The first kappa shape index (κ1) is 22.2. The number of nitrogens with one attached hydrogen (secondary N) is 3. The number of aromatic amines is 2. The second-order valence-electron chi connectivity index (χ2n) is 7.85. The van der Waals surface area contributed by atoms with Crippen LogP contribution in [-0.2, 0) is 16.0 Å². The number of carbonyl (C=O) groups excluding carboxylic acids is 2. The Kier molecular flexibility index (Phi) is 5.90. The second kappa shape index (κ2) is 9.31. The molecule has 3 heterocycles. The van der Waals surface area contributed by atoms with Crippen LogP contribution in [0, 0.1) is 0 Å². The minimum Gasteiger partial charge on any atom is -0.508 e. The second-order valence-corrected chi connectivity index (χ2v) is 8.23. The van der Waals surface area contributed by atoms with Crippen LogP contribution in [0.2, 0.25) is 0 Å². The molecule has 0 unspecified atom stereocenters. The Balaban J connectivity index is 1.32. The Morgan fingerprint density at radius 1 is 0.971 bits per heavy atom. The molecule has 1 aliphatic rings. The average Bonchev–Trinajstić information content (AvgIpc) is 3.56. The van der Waals surface area contributed by atoms with Gasteiger partial charge < -0.3 is 10.1 Å². The molecule has 11 heteroatoms. The number of H-pyrrole nitrogens is 2. The molecule has 1 aliphatic heterocycles. The summed E-state index contributed by atoms with van der Waals surface area (Å²) in [5.74, 6) is -0.256. The van der Waals surface area contributed by atoms with Gasteiger partial charge in [-0.25, -0.2) is 5.10 Å². The van der Waals surface area contributed by atoms with Gasteiger partial charge in [0.15, 0.2) is 10.9 Å². The first-order chi connectivity index (χ1) is 17.0. The number of tetrazole rings is 1. The van der Waals surface area contributed by atoms with Gasteiger partial charge in [-0.2, -0.15) is 0 Å². The molecule has 0 bridgehead atoms. The first-order valence-corrected chi connectivity index (χ1v) is 11.1. The Labute approximate surface area is 204 Å². The van der Waals surface area contributed by atoms with Crippen molar-refractivity contribution < 1.29 is 14.7 Å². The lowest BCUT2D eigenvalue weighted by Gasteiger charge is -2.28. The third-order valence-corrected chi connectivity index (χ3v) is 5.89. The van der Waals surface area contributed by atoms with E-state index in [1.807, 2.05) is 30.3 Å². The molecule has 2 aromatic carbocycles. The van der Waals surface area contributed by atoms with Crippen molar-refractivity contribution in [2.45, 2.75) is 6.42 Å². The normalized spacial score (nSPS) is 15.0. The van der Waals surface area contributed by atoms with Crippen LogP contribution in [-0.4, -0.2) is 59.1 Å². The molecule has 0 saturated carbocycles. The number of amides is 2. The van der Waals surface area contributed by atoms with Gasteiger partial charge >= 0.3 is 0 Å². The molecule has 1 saturated heterocycles. The molecule has 5 rings (SSSR count). The highest BCUT2D eigenvalue weighted by molar-refractivity contribution is 7.80. The smallest absolute Gasteiger partial charge is 0.265 e. The molecular weight excluding hydrogens is 466 g/mol. The summed E-state index contributed by atoms with van der Waals surface area (Å²) in [5, 5.41) is 25.9. The number of phenols is 1. The maximum atomic E-state index is 13.1. The number of phenolic OH excluding ortho intramolecular Hbond substituents is 1. The van der Waals surface area contributed by atoms with E-state index < -0.39 is 11.8 Å². The van der Waals surface area contributed by atoms with Gasteiger partial charge in [-0.15, -0.1) is 5.10 Å². The maximum Gasteiger partial charge on any atom is 0.265 e. The summed E-state index contributed by atoms with van der Waals surface area (Å²) in [4.78, 5) is 30.2. The SMILES string of the molecule is O=C1NC(=S)N(CCc2ccc(O)cc2)C(=O)C1=Cc1ccc(-c2ccc(-c3nnn[nH]3)cc2)[nH]1. The van der Waals surface area contributed by atoms with Crippen molar-refractivity contribution in [1.82, 2.24) is 35.8 Å². The highest BCUT2D eigenvalue weighted by Gasteiger charge is 2.33. The lowest BCUT2D eigenvalue weighted by Crippen LogP contribution is -2.54. The van der Waals surface area contributed by atoms with Gasteiger partial charge in [0.05, 0.1) is 0 Å². The van der Waals surface area contributed by atoms with Crippen LogP contribution in [0.4, 0.5) is 0 Å². The van der Waals surface area contributed by atoms with E-state index in [0.717, 1.165) is 22.4 Å². The number of nitrogens with zero attached hydrogens (tertiary/aromatic N) is 4. The summed E-state index contributed by atoms with van der Waals surface area (Å²) >= 11 is 5.23. The number of thiocarbonyl (C=S) groups is 1. The maximum absolute atomic E-state index is 13.1. The van der Waals surface area contributed by atoms with Gasteiger partial charge in [0.25, 0.3) is 11.8 Å². The van der Waals surface area contributed by atoms with Crippen LogP contribution >= 0.6 is 12.2 Å². The fraction of sp³-hybridized carbons (Fsp3) is 0.0833. The lowest BCUT2D eigenvalue weighted by molar-refractivity contribution is -0.128. The predicted molar refractivity (Wildman–Crippen MR) is 132 cm³/mol. The summed E-state index contributed by atoms with van der Waals surface area (Å²) in [6, 6.07) is 18.0. The van der Waals surface area contributed by atoms with Crippen LogP contribution in [0.5, 0.6) is 5.75 Å². The Bertz CT molecular complexity index is 1420. The van der Waals surface area contributed by atoms with Crippen LogP contribution in [0.1, 0.15) is 11.3 Å². The summed E-state index contributed by atoms with van der Waals surface area (Å²) in [7, 11) is 0. The number of benzene rings is 2. The minimum atomic E-state index is -0.540. The topological polar surface area (TPSA) is 140 Å². The summed E-state index contributed by atoms with van der Waals surface area (Å²) < 4.78 is 0. The van der Waals surface area contributed by atoms with Gasteiger partial charge in [-0.3, -0.25) is 19.8 Å². The molecule has 4 N–H and O–H groups in total. The van der Waals surface area contributed by atoms with Crippen LogP contribution in [0.25, 0.3) is 28.7 Å². The Morgan fingerprint density at radius 3 is 2.43 bits per heavy atom. The fourth-order valence-corrected chi connectivity index (χ4v) is 3.98. The van der Waals surface area contributed by atoms with E-state index in [1.165, 1.54) is 11.0 Å². The van der Waals surface area contributed by atoms with Crippen LogP contribution in [0.3, 0.4) is 0 Å². The quantitative estimate of drug-likeness (QED) is 0.187. The van der Waals surface area contributed by atoms with Crippen LogP contribution in [0.15, 0.2) is 66.2 Å². The average molecular weight is 486 g/mol. The highest BCUT2D eigenvalue weighted by atomic mass is 32.1. The zero-order valence-electron chi connectivity index (χ0n) is 18.2. The minimum absolute atomic E-state index is 0.00845. The first-order valence-electron chi connectivity index (χ1n) is 10.7. The summed E-state index contributed by atoms with van der Waals surface area (Å²) in [6.07, 6.45) is 2.03. The van der Waals surface area contributed by atoms with E-state index in [0.29, 0.717) is 24.5 Å². The van der Waals surface area contributed by atoms with Crippen molar-refractivity contribution in [3.05, 3.63) is 77.5 Å². The number of hydrogen-bond donors (Lipinski definition) is 4. The van der Waals surface area contributed by atoms with E-state index in [4.69, 9.17) is 12.2 Å². The van der Waals surface area contributed by atoms with Crippen molar-refractivity contribution in [3.63, 3.8) is 0 Å². The van der Waals surface area contributed by atoms with Gasteiger partial charge in [-0.05, 0) is 70.5 Å². The van der Waals surface area contributed by atoms with Crippen molar-refractivity contribution in [3.8, 4) is 28.4 Å². The van der Waals surface area contributed by atoms with Gasteiger partial charge in [0, 0.05) is 23.5 Å². The number of hydrogen-bond acceptors (Lipinski definition) is 7. The van der Waals surface area contributed by atoms with E-state index >= 15 is 0 Å². The molecule has 0 aliphatic carbocycles. The molecule has 10 nitrogen and oxygen atoms in total. The van der Waals surface area contributed by atoms with E-state index in [-0.39, 0.29) is 16.4 Å². The third-order valence-electron chi connectivity index (χ3n) is 5.57. The monoisotopic (exact) mass is 485 g/mol. The number of carbonyl (C=O) groups is 2. The van der Waals surface area contributed by atoms with Gasteiger partial charge in [-0.1, -0.05) is 36.4 Å². The molecule has 0 spiro atoms. The molecule has 35 heavy (non-hydrogen) atoms. The standard InChI is InChI=1S/C24H19N7O3S/c32-18-8-1-14(2-9-18)11-12-31-23(34)19(22(33)26-24(31)35)13-17-7-10-20(25-17)15-3-5-16(6-4-15)21-27-29-30-28-21/h1-10,13,25,32H,11-12H2,(H,26,33,35)(H,27,28,29,30). The molecule has 174 valence electrons. The lowest BCUT2D eigenvalue weighted by atomic mass is 10.1. The zero-order chi connectivity index (χ0) is 24.4. The predicted octanol–water partition coefficient (Wildman–Crippen LogP) is 2.44. The fourth-order valence-electron chi connectivity index (χ4n) is 3.71. The molecule has 2 amide bonds. The Hall–Kier alpha value is -4.64. The third kappa shape index (κ3) is 4.70.